The topological polar surface area (TPSA) is 62.7 Å². The number of likely N-dealkylation sites (tertiary alicyclic amines) is 1. The molecule has 2 aromatic rings. The van der Waals surface area contributed by atoms with Gasteiger partial charge in [-0.25, -0.2) is 0 Å². The van der Waals surface area contributed by atoms with Crippen LogP contribution >= 0.6 is 0 Å². The first kappa shape index (κ1) is 17.7. The molecule has 0 saturated carbocycles. The standard InChI is InChI=1S/C21H23N3O3/c1-15-11-16(7-9-22-15)21(26)23-10-8-19-17(12-23)13-24(20(25)14-27-19)18-5-3-2-4-6-18/h2-7,9,11,17,19H,8,10,12-14H2,1H3/t17-,19+/m1/s1. The number of fused-ring (bicyclic) bond motifs is 1. The van der Waals surface area contributed by atoms with Crippen LogP contribution in [0.1, 0.15) is 22.5 Å². The summed E-state index contributed by atoms with van der Waals surface area (Å²) < 4.78 is 5.88. The molecule has 0 unspecified atom stereocenters. The maximum absolute atomic E-state index is 12.9. The highest BCUT2D eigenvalue weighted by atomic mass is 16.5. The number of carbonyl (C=O) groups is 2. The van der Waals surface area contributed by atoms with Crippen LogP contribution in [0.25, 0.3) is 0 Å². The largest absolute Gasteiger partial charge is 0.368 e. The monoisotopic (exact) mass is 365 g/mol. The van der Waals surface area contributed by atoms with Crippen LogP contribution in [0, 0.1) is 12.8 Å². The molecule has 27 heavy (non-hydrogen) atoms. The second kappa shape index (κ2) is 7.48. The van der Waals surface area contributed by atoms with E-state index >= 15 is 0 Å². The molecular weight excluding hydrogens is 342 g/mol. The Morgan fingerprint density at radius 1 is 1.19 bits per heavy atom. The minimum Gasteiger partial charge on any atom is -0.368 e. The lowest BCUT2D eigenvalue weighted by Crippen LogP contribution is -2.49. The number of amides is 2. The molecule has 2 aliphatic heterocycles. The van der Waals surface area contributed by atoms with Crippen molar-refractivity contribution >= 4 is 17.5 Å². The minimum absolute atomic E-state index is 0.00545. The molecule has 0 radical (unpaired) electrons. The molecule has 2 amide bonds. The van der Waals surface area contributed by atoms with Crippen molar-refractivity contribution in [3.63, 3.8) is 0 Å². The molecule has 0 N–H and O–H groups in total. The minimum atomic E-state index is -0.0294. The molecule has 0 bridgehead atoms. The van der Waals surface area contributed by atoms with Gasteiger partial charge in [-0.15, -0.1) is 0 Å². The second-order valence-corrected chi connectivity index (χ2v) is 7.18. The normalized spacial score (nSPS) is 22.9. The van der Waals surface area contributed by atoms with Gasteiger partial charge in [0, 0.05) is 48.7 Å². The van der Waals surface area contributed by atoms with Crippen molar-refractivity contribution in [2.24, 2.45) is 5.92 Å². The Labute approximate surface area is 158 Å². The van der Waals surface area contributed by atoms with Crippen molar-refractivity contribution in [3.8, 4) is 0 Å². The molecule has 6 heteroatoms. The zero-order valence-corrected chi connectivity index (χ0v) is 15.4. The molecule has 140 valence electrons. The van der Waals surface area contributed by atoms with E-state index < -0.39 is 0 Å². The molecule has 1 aromatic carbocycles. The van der Waals surface area contributed by atoms with Gasteiger partial charge in [0.15, 0.2) is 0 Å². The zero-order valence-electron chi connectivity index (χ0n) is 15.4. The fourth-order valence-corrected chi connectivity index (χ4v) is 3.90. The molecule has 2 saturated heterocycles. The Bertz CT molecular complexity index is 840. The summed E-state index contributed by atoms with van der Waals surface area (Å²) in [4.78, 5) is 33.3. The van der Waals surface area contributed by atoms with Crippen LogP contribution < -0.4 is 4.90 Å². The number of piperidine rings is 1. The lowest BCUT2D eigenvalue weighted by Gasteiger charge is -2.38. The fourth-order valence-electron chi connectivity index (χ4n) is 3.90. The van der Waals surface area contributed by atoms with E-state index in [4.69, 9.17) is 4.74 Å². The van der Waals surface area contributed by atoms with Gasteiger partial charge in [0.25, 0.3) is 11.8 Å². The SMILES string of the molecule is Cc1cc(C(=O)N2CC[C@@H]3OCC(=O)N(c4ccccc4)C[C@H]3C2)ccn1. The average molecular weight is 365 g/mol. The first-order valence-corrected chi connectivity index (χ1v) is 9.31. The summed E-state index contributed by atoms with van der Waals surface area (Å²) in [5.41, 5.74) is 2.36. The summed E-state index contributed by atoms with van der Waals surface area (Å²) in [5.74, 6) is 0.0799. The number of anilines is 1. The Balaban J connectivity index is 1.53. The van der Waals surface area contributed by atoms with E-state index in [1.165, 1.54) is 0 Å². The number of hydrogen-bond donors (Lipinski definition) is 0. The Morgan fingerprint density at radius 3 is 2.78 bits per heavy atom. The van der Waals surface area contributed by atoms with Crippen LogP contribution in [0.2, 0.25) is 0 Å². The molecule has 3 heterocycles. The van der Waals surface area contributed by atoms with E-state index in [1.54, 1.807) is 17.2 Å². The van der Waals surface area contributed by atoms with Gasteiger partial charge in [-0.1, -0.05) is 18.2 Å². The Kier molecular flexibility index (Phi) is 4.90. The lowest BCUT2D eigenvalue weighted by atomic mass is 9.93. The average Bonchev–Trinajstić information content (AvgIpc) is 2.86. The Morgan fingerprint density at radius 2 is 2.00 bits per heavy atom. The molecule has 0 spiro atoms. The zero-order chi connectivity index (χ0) is 18.8. The highest BCUT2D eigenvalue weighted by molar-refractivity contribution is 5.95. The van der Waals surface area contributed by atoms with Crippen LogP contribution in [0.15, 0.2) is 48.7 Å². The van der Waals surface area contributed by atoms with Crippen LogP contribution in [0.3, 0.4) is 0 Å². The van der Waals surface area contributed by atoms with Crippen molar-refractivity contribution in [2.75, 3.05) is 31.1 Å². The summed E-state index contributed by atoms with van der Waals surface area (Å²) >= 11 is 0. The summed E-state index contributed by atoms with van der Waals surface area (Å²) in [6.45, 7) is 3.76. The predicted octanol–water partition coefficient (Wildman–Crippen LogP) is 2.28. The number of ether oxygens (including phenoxy) is 1. The Hall–Kier alpha value is -2.73. The fraction of sp³-hybridized carbons (Fsp3) is 0.381. The number of pyridine rings is 1. The molecule has 6 nitrogen and oxygen atoms in total. The third-order valence-electron chi connectivity index (χ3n) is 5.30. The number of benzene rings is 1. The van der Waals surface area contributed by atoms with Gasteiger partial charge in [-0.05, 0) is 37.6 Å². The quantitative estimate of drug-likeness (QED) is 0.819. The number of aromatic nitrogens is 1. The summed E-state index contributed by atoms with van der Waals surface area (Å²) in [6, 6.07) is 13.2. The molecule has 1 aromatic heterocycles. The molecule has 2 aliphatic rings. The molecule has 4 rings (SSSR count). The van der Waals surface area contributed by atoms with E-state index in [1.807, 2.05) is 48.2 Å². The van der Waals surface area contributed by atoms with E-state index in [9.17, 15) is 9.59 Å². The molecular formula is C21H23N3O3. The molecule has 2 atom stereocenters. The van der Waals surface area contributed by atoms with Gasteiger partial charge in [-0.3, -0.25) is 14.6 Å². The van der Waals surface area contributed by atoms with Crippen molar-refractivity contribution in [3.05, 3.63) is 59.9 Å². The first-order chi connectivity index (χ1) is 13.1. The van der Waals surface area contributed by atoms with Crippen LogP contribution in [-0.2, 0) is 9.53 Å². The second-order valence-electron chi connectivity index (χ2n) is 7.18. The van der Waals surface area contributed by atoms with Crippen molar-refractivity contribution in [1.82, 2.24) is 9.88 Å². The van der Waals surface area contributed by atoms with E-state index in [2.05, 4.69) is 4.98 Å². The lowest BCUT2D eigenvalue weighted by molar-refractivity contribution is -0.124. The number of rotatable bonds is 2. The summed E-state index contributed by atoms with van der Waals surface area (Å²) in [5, 5.41) is 0. The third-order valence-corrected chi connectivity index (χ3v) is 5.30. The number of hydrogen-bond acceptors (Lipinski definition) is 4. The highest BCUT2D eigenvalue weighted by Crippen LogP contribution is 2.27. The predicted molar refractivity (Wildman–Crippen MR) is 102 cm³/mol. The smallest absolute Gasteiger partial charge is 0.253 e. The number of nitrogens with zero attached hydrogens (tertiary/aromatic N) is 3. The van der Waals surface area contributed by atoms with Gasteiger partial charge < -0.3 is 14.5 Å². The van der Waals surface area contributed by atoms with Gasteiger partial charge in [-0.2, -0.15) is 0 Å². The summed E-state index contributed by atoms with van der Waals surface area (Å²) in [7, 11) is 0. The number of aryl methyl sites for hydroxylation is 1. The van der Waals surface area contributed by atoms with Crippen LogP contribution in [0.4, 0.5) is 5.69 Å². The van der Waals surface area contributed by atoms with Crippen LogP contribution in [0.5, 0.6) is 0 Å². The molecule has 0 aliphatic carbocycles. The number of para-hydroxylation sites is 1. The van der Waals surface area contributed by atoms with E-state index in [0.29, 0.717) is 25.2 Å². The van der Waals surface area contributed by atoms with Crippen molar-refractivity contribution in [2.45, 2.75) is 19.4 Å². The van der Waals surface area contributed by atoms with Gasteiger partial charge in [0.1, 0.15) is 6.61 Å². The van der Waals surface area contributed by atoms with Crippen LogP contribution in [-0.4, -0.2) is 54.0 Å². The first-order valence-electron chi connectivity index (χ1n) is 9.31. The maximum atomic E-state index is 12.9. The third kappa shape index (κ3) is 3.71. The highest BCUT2D eigenvalue weighted by Gasteiger charge is 2.37. The van der Waals surface area contributed by atoms with Gasteiger partial charge in [0.2, 0.25) is 0 Å². The van der Waals surface area contributed by atoms with E-state index in [0.717, 1.165) is 17.8 Å². The van der Waals surface area contributed by atoms with Crippen molar-refractivity contribution < 1.29 is 14.3 Å². The van der Waals surface area contributed by atoms with Crippen molar-refractivity contribution in [1.29, 1.82) is 0 Å². The number of carbonyl (C=O) groups excluding carboxylic acids is 2. The van der Waals surface area contributed by atoms with E-state index in [-0.39, 0.29) is 30.4 Å². The van der Waals surface area contributed by atoms with Gasteiger partial charge >= 0.3 is 0 Å². The summed E-state index contributed by atoms with van der Waals surface area (Å²) in [6.07, 6.45) is 2.42. The van der Waals surface area contributed by atoms with Gasteiger partial charge in [0.05, 0.1) is 6.10 Å². The molecule has 2 fully saturated rings. The maximum Gasteiger partial charge on any atom is 0.253 e.